The van der Waals surface area contributed by atoms with E-state index in [1.165, 1.54) is 32.4 Å². The molecule has 0 spiro atoms. The Kier molecular flexibility index (Phi) is 6.32. The van der Waals surface area contributed by atoms with Crippen molar-refractivity contribution in [2.75, 3.05) is 40.3 Å². The summed E-state index contributed by atoms with van der Waals surface area (Å²) in [5, 5.41) is 3.53. The van der Waals surface area contributed by atoms with Crippen LogP contribution < -0.4 is 5.32 Å². The molecule has 0 radical (unpaired) electrons. The highest BCUT2D eigenvalue weighted by molar-refractivity contribution is 4.85. The van der Waals surface area contributed by atoms with E-state index in [1.807, 2.05) is 0 Å². The SMILES string of the molecule is CCCNCC(C)N1CCCC1CN(C)C. The van der Waals surface area contributed by atoms with Crippen LogP contribution in [0.3, 0.4) is 0 Å². The summed E-state index contributed by atoms with van der Waals surface area (Å²) in [5.41, 5.74) is 0. The van der Waals surface area contributed by atoms with Gasteiger partial charge in [0.25, 0.3) is 0 Å². The average molecular weight is 227 g/mol. The Hall–Kier alpha value is -0.120. The van der Waals surface area contributed by atoms with Crippen LogP contribution in [-0.2, 0) is 0 Å². The molecule has 0 amide bonds. The van der Waals surface area contributed by atoms with Crippen molar-refractivity contribution in [1.82, 2.24) is 15.1 Å². The molecule has 1 heterocycles. The van der Waals surface area contributed by atoms with E-state index in [-0.39, 0.29) is 0 Å². The maximum absolute atomic E-state index is 3.53. The molecule has 0 aromatic carbocycles. The van der Waals surface area contributed by atoms with Crippen molar-refractivity contribution in [3.8, 4) is 0 Å². The molecule has 0 saturated carbocycles. The molecule has 96 valence electrons. The second kappa shape index (κ2) is 7.25. The number of likely N-dealkylation sites (N-methyl/N-ethyl adjacent to an activating group) is 1. The van der Waals surface area contributed by atoms with Gasteiger partial charge < -0.3 is 10.2 Å². The molecule has 0 bridgehead atoms. The quantitative estimate of drug-likeness (QED) is 0.663. The lowest BCUT2D eigenvalue weighted by Crippen LogP contribution is -2.46. The third-order valence-electron chi connectivity index (χ3n) is 3.43. The van der Waals surface area contributed by atoms with Crippen LogP contribution in [0.1, 0.15) is 33.1 Å². The van der Waals surface area contributed by atoms with Crippen molar-refractivity contribution in [1.29, 1.82) is 0 Å². The number of rotatable bonds is 7. The monoisotopic (exact) mass is 227 g/mol. The van der Waals surface area contributed by atoms with Gasteiger partial charge in [0.15, 0.2) is 0 Å². The van der Waals surface area contributed by atoms with Gasteiger partial charge in [-0.3, -0.25) is 4.90 Å². The highest BCUT2D eigenvalue weighted by Crippen LogP contribution is 2.20. The van der Waals surface area contributed by atoms with Crippen molar-refractivity contribution < 1.29 is 0 Å². The maximum atomic E-state index is 3.53. The van der Waals surface area contributed by atoms with Gasteiger partial charge in [0, 0.05) is 25.2 Å². The average Bonchev–Trinajstić information content (AvgIpc) is 2.65. The van der Waals surface area contributed by atoms with E-state index in [9.17, 15) is 0 Å². The van der Waals surface area contributed by atoms with E-state index in [0.29, 0.717) is 6.04 Å². The summed E-state index contributed by atoms with van der Waals surface area (Å²) in [5.74, 6) is 0. The topological polar surface area (TPSA) is 18.5 Å². The van der Waals surface area contributed by atoms with Crippen LogP contribution in [0, 0.1) is 0 Å². The number of likely N-dealkylation sites (tertiary alicyclic amines) is 1. The zero-order valence-corrected chi connectivity index (χ0v) is 11.5. The van der Waals surface area contributed by atoms with Crippen molar-refractivity contribution in [2.24, 2.45) is 0 Å². The van der Waals surface area contributed by atoms with Gasteiger partial charge in [-0.25, -0.2) is 0 Å². The van der Waals surface area contributed by atoms with E-state index in [1.54, 1.807) is 0 Å². The lowest BCUT2D eigenvalue weighted by Gasteiger charge is -2.32. The Morgan fingerprint density at radius 3 is 2.81 bits per heavy atom. The van der Waals surface area contributed by atoms with E-state index < -0.39 is 0 Å². The summed E-state index contributed by atoms with van der Waals surface area (Å²) in [4.78, 5) is 5.00. The van der Waals surface area contributed by atoms with E-state index >= 15 is 0 Å². The molecule has 1 aliphatic rings. The minimum atomic E-state index is 0.680. The lowest BCUT2D eigenvalue weighted by atomic mass is 10.2. The molecule has 3 nitrogen and oxygen atoms in total. The lowest BCUT2D eigenvalue weighted by molar-refractivity contribution is 0.159. The smallest absolute Gasteiger partial charge is 0.0226 e. The van der Waals surface area contributed by atoms with Gasteiger partial charge in [-0.2, -0.15) is 0 Å². The number of nitrogens with zero attached hydrogens (tertiary/aromatic N) is 2. The van der Waals surface area contributed by atoms with Crippen molar-refractivity contribution in [3.05, 3.63) is 0 Å². The largest absolute Gasteiger partial charge is 0.315 e. The van der Waals surface area contributed by atoms with Crippen LogP contribution in [0.4, 0.5) is 0 Å². The van der Waals surface area contributed by atoms with Crippen molar-refractivity contribution in [3.63, 3.8) is 0 Å². The molecule has 2 atom stereocenters. The first-order valence-corrected chi connectivity index (χ1v) is 6.76. The zero-order valence-electron chi connectivity index (χ0n) is 11.5. The second-order valence-electron chi connectivity index (χ2n) is 5.35. The normalized spacial score (nSPS) is 24.2. The highest BCUT2D eigenvalue weighted by Gasteiger charge is 2.28. The molecule has 1 saturated heterocycles. The van der Waals surface area contributed by atoms with Gasteiger partial charge in [-0.1, -0.05) is 6.92 Å². The Balaban J connectivity index is 2.32. The number of nitrogens with one attached hydrogen (secondary N) is 1. The Bertz CT molecular complexity index is 182. The predicted octanol–water partition coefficient (Wildman–Crippen LogP) is 1.40. The van der Waals surface area contributed by atoms with Crippen LogP contribution >= 0.6 is 0 Å². The number of hydrogen-bond acceptors (Lipinski definition) is 3. The minimum Gasteiger partial charge on any atom is -0.315 e. The van der Waals surface area contributed by atoms with Crippen LogP contribution in [0.25, 0.3) is 0 Å². The molecule has 1 fully saturated rings. The fourth-order valence-electron chi connectivity index (χ4n) is 2.66. The van der Waals surface area contributed by atoms with Gasteiger partial charge in [-0.15, -0.1) is 0 Å². The summed E-state index contributed by atoms with van der Waals surface area (Å²) in [6.07, 6.45) is 3.97. The Morgan fingerprint density at radius 1 is 1.44 bits per heavy atom. The third kappa shape index (κ3) is 4.40. The fourth-order valence-corrected chi connectivity index (χ4v) is 2.66. The first kappa shape index (κ1) is 13.9. The minimum absolute atomic E-state index is 0.680. The summed E-state index contributed by atoms with van der Waals surface area (Å²) in [7, 11) is 4.35. The van der Waals surface area contributed by atoms with Gasteiger partial charge in [-0.05, 0) is 53.4 Å². The molecular weight excluding hydrogens is 198 g/mol. The van der Waals surface area contributed by atoms with Gasteiger partial charge >= 0.3 is 0 Å². The molecule has 3 heteroatoms. The first-order chi connectivity index (χ1) is 7.65. The third-order valence-corrected chi connectivity index (χ3v) is 3.43. The molecule has 1 N–H and O–H groups in total. The van der Waals surface area contributed by atoms with Gasteiger partial charge in [0.05, 0.1) is 0 Å². The Labute approximate surface area is 101 Å². The summed E-state index contributed by atoms with van der Waals surface area (Å²) in [6.45, 7) is 9.36. The predicted molar refractivity (Wildman–Crippen MR) is 70.9 cm³/mol. The Morgan fingerprint density at radius 2 is 2.19 bits per heavy atom. The summed E-state index contributed by atoms with van der Waals surface area (Å²) < 4.78 is 0. The van der Waals surface area contributed by atoms with Gasteiger partial charge in [0.2, 0.25) is 0 Å². The first-order valence-electron chi connectivity index (χ1n) is 6.76. The molecule has 0 aromatic heterocycles. The fraction of sp³-hybridized carbons (Fsp3) is 1.00. The molecule has 1 rings (SSSR count). The van der Waals surface area contributed by atoms with Gasteiger partial charge in [0.1, 0.15) is 0 Å². The summed E-state index contributed by atoms with van der Waals surface area (Å²) in [6, 6.07) is 1.45. The molecule has 0 aliphatic carbocycles. The number of hydrogen-bond donors (Lipinski definition) is 1. The van der Waals surface area contributed by atoms with Crippen molar-refractivity contribution >= 4 is 0 Å². The van der Waals surface area contributed by atoms with Crippen LogP contribution in [-0.4, -0.2) is 62.2 Å². The highest BCUT2D eigenvalue weighted by atomic mass is 15.2. The van der Waals surface area contributed by atoms with Crippen LogP contribution in [0.5, 0.6) is 0 Å². The molecule has 1 aliphatic heterocycles. The van der Waals surface area contributed by atoms with Crippen LogP contribution in [0.2, 0.25) is 0 Å². The molecule has 0 aromatic rings. The van der Waals surface area contributed by atoms with E-state index in [2.05, 4.69) is 43.1 Å². The van der Waals surface area contributed by atoms with Crippen molar-refractivity contribution in [2.45, 2.75) is 45.2 Å². The maximum Gasteiger partial charge on any atom is 0.0226 e. The summed E-state index contributed by atoms with van der Waals surface area (Å²) >= 11 is 0. The molecular formula is C13H29N3. The second-order valence-corrected chi connectivity index (χ2v) is 5.35. The van der Waals surface area contributed by atoms with Crippen LogP contribution in [0.15, 0.2) is 0 Å². The standard InChI is InChI=1S/C13H29N3/c1-5-8-14-10-12(2)16-9-6-7-13(16)11-15(3)4/h12-14H,5-11H2,1-4H3. The zero-order chi connectivity index (χ0) is 12.0. The van der Waals surface area contributed by atoms with E-state index in [0.717, 1.165) is 19.1 Å². The molecule has 16 heavy (non-hydrogen) atoms. The molecule has 2 unspecified atom stereocenters. The van der Waals surface area contributed by atoms with E-state index in [4.69, 9.17) is 0 Å².